The molecule has 0 spiro atoms. The molecule has 1 aromatic carbocycles. The minimum atomic E-state index is -0.281. The molecule has 0 saturated carbocycles. The molecular formula is C12H16BNO2S2. The second-order valence-corrected chi connectivity index (χ2v) is 7.54. The molecule has 1 N–H and O–H groups in total. The van der Waals surface area contributed by atoms with Crippen LogP contribution in [-0.4, -0.2) is 18.3 Å². The van der Waals surface area contributed by atoms with Gasteiger partial charge in [0.15, 0.2) is 0 Å². The zero-order valence-electron chi connectivity index (χ0n) is 10.9. The van der Waals surface area contributed by atoms with Gasteiger partial charge in [0.2, 0.25) is 0 Å². The predicted octanol–water partition coefficient (Wildman–Crippen LogP) is 2.60. The Bertz CT molecular complexity index is 477. The van der Waals surface area contributed by atoms with E-state index in [0.29, 0.717) is 0 Å². The lowest BCUT2D eigenvalue weighted by Gasteiger charge is -2.32. The van der Waals surface area contributed by atoms with Gasteiger partial charge in [-0.05, 0) is 69.2 Å². The summed E-state index contributed by atoms with van der Waals surface area (Å²) in [7, 11) is -0.272. The van der Waals surface area contributed by atoms with E-state index in [4.69, 9.17) is 9.31 Å². The molecular weight excluding hydrogens is 265 g/mol. The third kappa shape index (κ3) is 2.00. The highest BCUT2D eigenvalue weighted by Gasteiger charge is 2.51. The maximum Gasteiger partial charge on any atom is 0.494 e. The van der Waals surface area contributed by atoms with Crippen molar-refractivity contribution < 1.29 is 9.31 Å². The molecule has 3 rings (SSSR count). The van der Waals surface area contributed by atoms with Gasteiger partial charge in [-0.1, -0.05) is 6.07 Å². The van der Waals surface area contributed by atoms with Crippen LogP contribution < -0.4 is 9.59 Å². The average molecular weight is 281 g/mol. The first-order chi connectivity index (χ1) is 8.39. The van der Waals surface area contributed by atoms with E-state index in [1.54, 1.807) is 23.9 Å². The summed E-state index contributed by atoms with van der Waals surface area (Å²) in [5.41, 5.74) is 0.525. The van der Waals surface area contributed by atoms with Crippen molar-refractivity contribution in [3.63, 3.8) is 0 Å². The third-order valence-corrected chi connectivity index (χ3v) is 5.73. The molecule has 2 heterocycles. The fourth-order valence-corrected chi connectivity index (χ4v) is 3.72. The van der Waals surface area contributed by atoms with Gasteiger partial charge >= 0.3 is 7.12 Å². The van der Waals surface area contributed by atoms with E-state index in [2.05, 4.69) is 50.0 Å². The molecule has 0 aromatic heterocycles. The normalized spacial score (nSPS) is 24.3. The smallest absolute Gasteiger partial charge is 0.399 e. The summed E-state index contributed by atoms with van der Waals surface area (Å²) in [5, 5.41) is 0. The number of rotatable bonds is 1. The lowest BCUT2D eigenvalue weighted by molar-refractivity contribution is 0.00578. The fraction of sp³-hybridized carbons (Fsp3) is 0.500. The van der Waals surface area contributed by atoms with Crippen LogP contribution in [0.4, 0.5) is 0 Å². The summed E-state index contributed by atoms with van der Waals surface area (Å²) < 4.78 is 15.3. The average Bonchev–Trinajstić information content (AvgIpc) is 2.80. The molecule has 1 fully saturated rings. The fourth-order valence-electron chi connectivity index (χ4n) is 1.93. The van der Waals surface area contributed by atoms with Gasteiger partial charge in [-0.2, -0.15) is 4.13 Å². The molecule has 0 unspecified atom stereocenters. The standard InChI is InChI=1S/C12H16BNO2S2/c1-11(2)12(3,4)16-13(15-11)8-5-6-9-10(7-8)18-14-17-9/h5-7,14H,1-4H3. The molecule has 2 aliphatic heterocycles. The molecule has 3 nitrogen and oxygen atoms in total. The first-order valence-electron chi connectivity index (χ1n) is 5.97. The van der Waals surface area contributed by atoms with Crippen LogP contribution in [0.25, 0.3) is 0 Å². The van der Waals surface area contributed by atoms with Gasteiger partial charge in [-0.3, -0.25) is 0 Å². The molecule has 0 aliphatic carbocycles. The zero-order valence-corrected chi connectivity index (χ0v) is 12.6. The Morgan fingerprint density at radius 2 is 1.61 bits per heavy atom. The number of hydrogen-bond donors (Lipinski definition) is 1. The molecule has 18 heavy (non-hydrogen) atoms. The highest BCUT2D eigenvalue weighted by atomic mass is 32.2. The molecule has 0 amide bonds. The minimum absolute atomic E-state index is 0.272. The number of nitrogens with one attached hydrogen (secondary N) is 1. The lowest BCUT2D eigenvalue weighted by Crippen LogP contribution is -2.41. The maximum atomic E-state index is 6.05. The molecule has 0 atom stereocenters. The first-order valence-corrected chi connectivity index (χ1v) is 7.61. The summed E-state index contributed by atoms with van der Waals surface area (Å²) in [5.74, 6) is 0. The molecule has 1 saturated heterocycles. The van der Waals surface area contributed by atoms with Crippen molar-refractivity contribution in [1.29, 1.82) is 0 Å². The minimum Gasteiger partial charge on any atom is -0.399 e. The Morgan fingerprint density at radius 1 is 1.00 bits per heavy atom. The zero-order chi connectivity index (χ0) is 13.0. The van der Waals surface area contributed by atoms with Crippen molar-refractivity contribution in [3.8, 4) is 0 Å². The lowest BCUT2D eigenvalue weighted by atomic mass is 9.79. The van der Waals surface area contributed by atoms with Gasteiger partial charge in [0.25, 0.3) is 0 Å². The molecule has 2 aliphatic rings. The quantitative estimate of drug-likeness (QED) is 0.631. The van der Waals surface area contributed by atoms with Crippen molar-refractivity contribution >= 4 is 36.5 Å². The SMILES string of the molecule is CC1(C)OB(c2ccc3c(c2)SNS3)OC1(C)C. The molecule has 1 aromatic rings. The van der Waals surface area contributed by atoms with E-state index < -0.39 is 0 Å². The Hall–Kier alpha value is -0.135. The van der Waals surface area contributed by atoms with Crippen LogP contribution in [0.5, 0.6) is 0 Å². The van der Waals surface area contributed by atoms with E-state index in [9.17, 15) is 0 Å². The second kappa shape index (κ2) is 4.18. The number of hydrogen-bond acceptors (Lipinski definition) is 5. The van der Waals surface area contributed by atoms with Crippen molar-refractivity contribution in [2.45, 2.75) is 48.7 Å². The Kier molecular flexibility index (Phi) is 2.99. The van der Waals surface area contributed by atoms with Crippen LogP contribution in [0, 0.1) is 0 Å². The van der Waals surface area contributed by atoms with Gasteiger partial charge in [0.1, 0.15) is 0 Å². The molecule has 0 bridgehead atoms. The van der Waals surface area contributed by atoms with E-state index in [1.807, 2.05) is 0 Å². The van der Waals surface area contributed by atoms with Crippen molar-refractivity contribution in [2.75, 3.05) is 0 Å². The van der Waals surface area contributed by atoms with Crippen LogP contribution in [-0.2, 0) is 9.31 Å². The van der Waals surface area contributed by atoms with Gasteiger partial charge in [-0.25, -0.2) is 0 Å². The summed E-state index contributed by atoms with van der Waals surface area (Å²) in [4.78, 5) is 2.51. The van der Waals surface area contributed by atoms with Gasteiger partial charge in [-0.15, -0.1) is 0 Å². The number of benzene rings is 1. The third-order valence-electron chi connectivity index (χ3n) is 3.80. The van der Waals surface area contributed by atoms with Crippen LogP contribution in [0.2, 0.25) is 0 Å². The van der Waals surface area contributed by atoms with E-state index in [1.165, 1.54) is 9.79 Å². The maximum absolute atomic E-state index is 6.05. The summed E-state index contributed by atoms with van der Waals surface area (Å²) in [6, 6.07) is 6.35. The summed E-state index contributed by atoms with van der Waals surface area (Å²) >= 11 is 3.29. The highest BCUT2D eigenvalue weighted by molar-refractivity contribution is 8.15. The summed E-state index contributed by atoms with van der Waals surface area (Å²) in [6.45, 7) is 8.30. The van der Waals surface area contributed by atoms with Crippen molar-refractivity contribution in [2.24, 2.45) is 0 Å². The van der Waals surface area contributed by atoms with Gasteiger partial charge < -0.3 is 9.31 Å². The van der Waals surface area contributed by atoms with Crippen LogP contribution in [0.15, 0.2) is 28.0 Å². The molecule has 0 radical (unpaired) electrons. The van der Waals surface area contributed by atoms with Crippen molar-refractivity contribution in [1.82, 2.24) is 4.13 Å². The topological polar surface area (TPSA) is 30.5 Å². The predicted molar refractivity (Wildman–Crippen MR) is 77.0 cm³/mol. The molecule has 96 valence electrons. The highest BCUT2D eigenvalue weighted by Crippen LogP contribution is 2.39. The van der Waals surface area contributed by atoms with Gasteiger partial charge in [0, 0.05) is 9.79 Å². The monoisotopic (exact) mass is 281 g/mol. The Morgan fingerprint density at radius 3 is 2.28 bits per heavy atom. The number of fused-ring (bicyclic) bond motifs is 1. The first kappa shape index (κ1) is 12.9. The molecule has 6 heteroatoms. The largest absolute Gasteiger partial charge is 0.494 e. The van der Waals surface area contributed by atoms with Crippen molar-refractivity contribution in [3.05, 3.63) is 18.2 Å². The van der Waals surface area contributed by atoms with Gasteiger partial charge in [0.05, 0.1) is 11.2 Å². The summed E-state index contributed by atoms with van der Waals surface area (Å²) in [6.07, 6.45) is 0. The van der Waals surface area contributed by atoms with E-state index in [-0.39, 0.29) is 18.3 Å². The van der Waals surface area contributed by atoms with E-state index in [0.717, 1.165) is 5.46 Å². The van der Waals surface area contributed by atoms with E-state index >= 15 is 0 Å². The Balaban J connectivity index is 1.89. The van der Waals surface area contributed by atoms with Crippen LogP contribution in [0.1, 0.15) is 27.7 Å². The second-order valence-electron chi connectivity index (χ2n) is 5.58. The Labute approximate surface area is 117 Å². The van der Waals surface area contributed by atoms with Crippen LogP contribution in [0.3, 0.4) is 0 Å². The van der Waals surface area contributed by atoms with Crippen LogP contribution >= 0.6 is 23.9 Å².